The fourth-order valence-electron chi connectivity index (χ4n) is 1.73. The predicted molar refractivity (Wildman–Crippen MR) is 78.6 cm³/mol. The Balaban J connectivity index is 2.30. The van der Waals surface area contributed by atoms with Crippen molar-refractivity contribution in [2.75, 3.05) is 0 Å². The second-order valence-corrected chi connectivity index (χ2v) is 6.81. The molecule has 0 spiro atoms. The lowest BCUT2D eigenvalue weighted by Gasteiger charge is -2.13. The van der Waals surface area contributed by atoms with E-state index in [1.54, 1.807) is 26.0 Å². The molecule has 0 unspecified atom stereocenters. The molecule has 1 N–H and O–H groups in total. The molecule has 2 aromatic rings. The topological polar surface area (TPSA) is 59.3 Å². The molecule has 1 aromatic heterocycles. The van der Waals surface area contributed by atoms with Crippen LogP contribution in [0.2, 0.25) is 10.0 Å². The first-order valence-corrected chi connectivity index (χ1v) is 8.08. The van der Waals surface area contributed by atoms with Crippen molar-refractivity contribution in [1.29, 1.82) is 0 Å². The summed E-state index contributed by atoms with van der Waals surface area (Å²) in [6, 6.07) is 7.45. The van der Waals surface area contributed by atoms with Crippen LogP contribution in [0.1, 0.15) is 24.5 Å². The molecule has 108 valence electrons. The van der Waals surface area contributed by atoms with E-state index in [1.165, 1.54) is 18.2 Å². The Labute approximate surface area is 127 Å². The van der Waals surface area contributed by atoms with Gasteiger partial charge in [-0.3, -0.25) is 0 Å². The number of rotatable bonds is 4. The number of aryl methyl sites for hydroxylation is 1. The van der Waals surface area contributed by atoms with Crippen LogP contribution in [0.15, 0.2) is 39.6 Å². The summed E-state index contributed by atoms with van der Waals surface area (Å²) >= 11 is 11.8. The highest BCUT2D eigenvalue weighted by Crippen LogP contribution is 2.29. The van der Waals surface area contributed by atoms with Gasteiger partial charge in [-0.1, -0.05) is 29.3 Å². The molecule has 0 saturated carbocycles. The van der Waals surface area contributed by atoms with Crippen molar-refractivity contribution in [1.82, 2.24) is 4.72 Å². The number of hydrogen-bond donors (Lipinski definition) is 1. The lowest BCUT2D eigenvalue weighted by molar-refractivity contribution is 0.441. The fraction of sp³-hybridized carbons (Fsp3) is 0.231. The van der Waals surface area contributed by atoms with E-state index in [-0.39, 0.29) is 14.9 Å². The molecule has 7 heteroatoms. The Morgan fingerprint density at radius 1 is 1.20 bits per heavy atom. The van der Waals surface area contributed by atoms with Crippen LogP contribution in [0.4, 0.5) is 0 Å². The molecule has 1 heterocycles. The summed E-state index contributed by atoms with van der Waals surface area (Å²) < 4.78 is 32.5. The van der Waals surface area contributed by atoms with Crippen molar-refractivity contribution < 1.29 is 12.8 Å². The Hall–Kier alpha value is -1.01. The fourth-order valence-corrected chi connectivity index (χ4v) is 3.71. The molecular formula is C13H13Cl2NO3S. The van der Waals surface area contributed by atoms with Crippen molar-refractivity contribution >= 4 is 33.2 Å². The summed E-state index contributed by atoms with van der Waals surface area (Å²) in [7, 11) is -3.78. The molecule has 2 rings (SSSR count). The van der Waals surface area contributed by atoms with Gasteiger partial charge in [0.1, 0.15) is 16.4 Å². The average Bonchev–Trinajstić information content (AvgIpc) is 2.79. The number of benzene rings is 1. The zero-order valence-electron chi connectivity index (χ0n) is 10.9. The van der Waals surface area contributed by atoms with E-state index in [9.17, 15) is 8.42 Å². The minimum Gasteiger partial charge on any atom is -0.465 e. The van der Waals surface area contributed by atoms with Crippen molar-refractivity contribution in [2.24, 2.45) is 0 Å². The Bertz CT molecular complexity index is 725. The second kappa shape index (κ2) is 5.77. The molecule has 0 aliphatic rings. The van der Waals surface area contributed by atoms with Crippen LogP contribution >= 0.6 is 23.2 Å². The summed E-state index contributed by atoms with van der Waals surface area (Å²) in [5.74, 6) is 1.25. The molecule has 0 bridgehead atoms. The van der Waals surface area contributed by atoms with Crippen molar-refractivity contribution in [3.8, 4) is 0 Å². The molecule has 1 atom stereocenters. The first kappa shape index (κ1) is 15.4. The molecule has 0 amide bonds. The Morgan fingerprint density at radius 3 is 2.50 bits per heavy atom. The predicted octanol–water partition coefficient (Wildman–Crippen LogP) is 3.93. The maximum absolute atomic E-state index is 12.3. The van der Waals surface area contributed by atoms with E-state index in [1.807, 2.05) is 0 Å². The zero-order valence-corrected chi connectivity index (χ0v) is 13.2. The van der Waals surface area contributed by atoms with Gasteiger partial charge in [0.2, 0.25) is 10.0 Å². The van der Waals surface area contributed by atoms with Crippen LogP contribution in [0.5, 0.6) is 0 Å². The third-order valence-electron chi connectivity index (χ3n) is 2.73. The minimum atomic E-state index is -3.78. The summed E-state index contributed by atoms with van der Waals surface area (Å²) in [5, 5.41) is 0.195. The Morgan fingerprint density at radius 2 is 1.90 bits per heavy atom. The molecule has 0 aliphatic carbocycles. The van der Waals surface area contributed by atoms with E-state index < -0.39 is 16.1 Å². The maximum atomic E-state index is 12.3. The summed E-state index contributed by atoms with van der Waals surface area (Å²) in [6.45, 7) is 3.48. The average molecular weight is 334 g/mol. The van der Waals surface area contributed by atoms with Gasteiger partial charge >= 0.3 is 0 Å². The second-order valence-electron chi connectivity index (χ2n) is 4.34. The van der Waals surface area contributed by atoms with E-state index >= 15 is 0 Å². The zero-order chi connectivity index (χ0) is 14.9. The quantitative estimate of drug-likeness (QED) is 0.921. The van der Waals surface area contributed by atoms with Crippen LogP contribution < -0.4 is 4.72 Å². The van der Waals surface area contributed by atoms with E-state index in [4.69, 9.17) is 27.6 Å². The lowest BCUT2D eigenvalue weighted by atomic mass is 10.3. The number of furan rings is 1. The van der Waals surface area contributed by atoms with Gasteiger partial charge in [0.25, 0.3) is 0 Å². The largest absolute Gasteiger partial charge is 0.465 e. The van der Waals surface area contributed by atoms with Crippen molar-refractivity contribution in [3.63, 3.8) is 0 Å². The minimum absolute atomic E-state index is 0.00416. The maximum Gasteiger partial charge on any atom is 0.242 e. The number of nitrogens with one attached hydrogen (secondary N) is 1. The highest BCUT2D eigenvalue weighted by Gasteiger charge is 2.23. The SMILES string of the molecule is Cc1ccc([C@H](C)NS(=O)(=O)c2cccc(Cl)c2Cl)o1. The first-order valence-electron chi connectivity index (χ1n) is 5.84. The van der Waals surface area contributed by atoms with Gasteiger partial charge in [-0.05, 0) is 38.1 Å². The van der Waals surface area contributed by atoms with E-state index in [2.05, 4.69) is 4.72 Å². The van der Waals surface area contributed by atoms with Gasteiger partial charge in [0, 0.05) is 0 Å². The van der Waals surface area contributed by atoms with E-state index in [0.29, 0.717) is 11.5 Å². The molecule has 0 radical (unpaired) electrons. The van der Waals surface area contributed by atoms with Crippen LogP contribution in [-0.4, -0.2) is 8.42 Å². The number of halogens is 2. The van der Waals surface area contributed by atoms with Crippen LogP contribution in [0.25, 0.3) is 0 Å². The molecular weight excluding hydrogens is 321 g/mol. The molecule has 0 aliphatic heterocycles. The molecule has 0 saturated heterocycles. The molecule has 20 heavy (non-hydrogen) atoms. The van der Waals surface area contributed by atoms with Crippen LogP contribution in [0.3, 0.4) is 0 Å². The normalized spacial score (nSPS) is 13.4. The monoisotopic (exact) mass is 333 g/mol. The van der Waals surface area contributed by atoms with Crippen molar-refractivity contribution in [3.05, 3.63) is 51.9 Å². The highest BCUT2D eigenvalue weighted by atomic mass is 35.5. The third kappa shape index (κ3) is 3.17. The van der Waals surface area contributed by atoms with Gasteiger partial charge in [-0.2, -0.15) is 0 Å². The summed E-state index contributed by atoms with van der Waals surface area (Å²) in [6.07, 6.45) is 0. The van der Waals surface area contributed by atoms with Crippen molar-refractivity contribution in [2.45, 2.75) is 24.8 Å². The number of sulfonamides is 1. The van der Waals surface area contributed by atoms with E-state index in [0.717, 1.165) is 0 Å². The van der Waals surface area contributed by atoms with Crippen LogP contribution in [-0.2, 0) is 10.0 Å². The lowest BCUT2D eigenvalue weighted by Crippen LogP contribution is -2.26. The smallest absolute Gasteiger partial charge is 0.242 e. The summed E-state index contributed by atoms with van der Waals surface area (Å²) in [5.41, 5.74) is 0. The molecule has 0 fully saturated rings. The molecule has 1 aromatic carbocycles. The van der Waals surface area contributed by atoms with Gasteiger partial charge in [-0.25, -0.2) is 13.1 Å². The van der Waals surface area contributed by atoms with Crippen LogP contribution in [0, 0.1) is 6.92 Å². The van der Waals surface area contributed by atoms with Gasteiger partial charge < -0.3 is 4.42 Å². The highest BCUT2D eigenvalue weighted by molar-refractivity contribution is 7.89. The standard InChI is InChI=1S/C13H13Cl2NO3S/c1-8-6-7-11(19-8)9(2)16-20(17,18)12-5-3-4-10(14)13(12)15/h3-7,9,16H,1-2H3/t9-/m0/s1. The van der Waals surface area contributed by atoms with Gasteiger partial charge in [-0.15, -0.1) is 0 Å². The summed E-state index contributed by atoms with van der Waals surface area (Å²) in [4.78, 5) is -0.0539. The first-order chi connectivity index (χ1) is 9.31. The Kier molecular flexibility index (Phi) is 4.44. The van der Waals surface area contributed by atoms with Gasteiger partial charge in [0.05, 0.1) is 16.1 Å². The third-order valence-corrected chi connectivity index (χ3v) is 5.24. The van der Waals surface area contributed by atoms with Gasteiger partial charge in [0.15, 0.2) is 0 Å². The molecule has 4 nitrogen and oxygen atoms in total. The number of hydrogen-bond acceptors (Lipinski definition) is 3.